The lowest BCUT2D eigenvalue weighted by Gasteiger charge is -2.58. The number of urea groups is 1. The van der Waals surface area contributed by atoms with Crippen molar-refractivity contribution in [2.45, 2.75) is 18.0 Å². The summed E-state index contributed by atoms with van der Waals surface area (Å²) in [4.78, 5) is 28.6. The number of piperazine rings is 1. The van der Waals surface area contributed by atoms with E-state index in [0.717, 1.165) is 11.1 Å². The van der Waals surface area contributed by atoms with Crippen molar-refractivity contribution in [3.05, 3.63) is 90.0 Å². The van der Waals surface area contributed by atoms with Crippen molar-refractivity contribution >= 4 is 17.6 Å². The average Bonchev–Trinajstić information content (AvgIpc) is 2.81. The molecule has 5 rings (SSSR count). The first kappa shape index (κ1) is 22.0. The maximum absolute atomic E-state index is 14.1. The second-order valence-electron chi connectivity index (χ2n) is 8.57. The second-order valence-corrected chi connectivity index (χ2v) is 8.57. The number of carbonyl (C=O) groups excluding carboxylic acids is 2. The minimum atomic E-state index is -0.486. The van der Waals surface area contributed by atoms with Crippen LogP contribution < -0.4 is 5.32 Å². The predicted molar refractivity (Wildman–Crippen MR) is 123 cm³/mol. The zero-order valence-corrected chi connectivity index (χ0v) is 18.2. The molecule has 0 aromatic heterocycles. The van der Waals surface area contributed by atoms with Crippen LogP contribution in [0.2, 0.25) is 0 Å². The maximum Gasteiger partial charge on any atom is 0.322 e. The van der Waals surface area contributed by atoms with Crippen molar-refractivity contribution in [3.8, 4) is 11.1 Å². The Morgan fingerprint density at radius 2 is 1.79 bits per heavy atom. The van der Waals surface area contributed by atoms with Gasteiger partial charge in [-0.25, -0.2) is 13.6 Å². The lowest BCUT2D eigenvalue weighted by molar-refractivity contribution is -0.159. The summed E-state index contributed by atoms with van der Waals surface area (Å²) < 4.78 is 27.6. The van der Waals surface area contributed by atoms with Gasteiger partial charge in [-0.2, -0.15) is 0 Å². The fraction of sp³-hybridized carbons (Fsp3) is 0.231. The molecule has 2 N–H and O–H groups in total. The lowest BCUT2D eigenvalue weighted by atomic mass is 9.73. The van der Waals surface area contributed by atoms with Gasteiger partial charge in [0.1, 0.15) is 18.2 Å². The molecule has 3 atom stereocenters. The molecule has 0 aliphatic carbocycles. The number of rotatable bonds is 4. The normalized spacial score (nSPS) is 21.6. The van der Waals surface area contributed by atoms with Crippen LogP contribution in [0.25, 0.3) is 11.1 Å². The molecule has 2 aliphatic rings. The number of aliphatic hydroxyl groups is 1. The number of carbonyl (C=O) groups is 2. The minimum Gasteiger partial charge on any atom is -0.394 e. The summed E-state index contributed by atoms with van der Waals surface area (Å²) in [5.74, 6) is -1.20. The van der Waals surface area contributed by atoms with Gasteiger partial charge in [0.2, 0.25) is 5.91 Å². The van der Waals surface area contributed by atoms with Gasteiger partial charge in [-0.15, -0.1) is 0 Å². The molecule has 2 saturated heterocycles. The zero-order chi connectivity index (χ0) is 23.8. The van der Waals surface area contributed by atoms with E-state index >= 15 is 0 Å². The van der Waals surface area contributed by atoms with Crippen molar-refractivity contribution in [1.29, 1.82) is 0 Å². The van der Waals surface area contributed by atoms with E-state index in [4.69, 9.17) is 0 Å². The van der Waals surface area contributed by atoms with E-state index in [-0.39, 0.29) is 49.4 Å². The van der Waals surface area contributed by atoms with Gasteiger partial charge in [-0.3, -0.25) is 4.79 Å². The van der Waals surface area contributed by atoms with Crippen LogP contribution in [0.15, 0.2) is 72.8 Å². The predicted octanol–water partition coefficient (Wildman–Crippen LogP) is 3.83. The highest BCUT2D eigenvalue weighted by molar-refractivity contribution is 5.93. The Labute approximate surface area is 195 Å². The SMILES string of the molecule is O=C(Nc1cccc(F)c1)N1CC(=O)N2[C@H](C1)[C@@H](c1ccc(-c3ccccc3F)cc1)[C@@H]2CO. The Bertz CT molecular complexity index is 1230. The Balaban J connectivity index is 1.35. The molecule has 6 nitrogen and oxygen atoms in total. The number of fused-ring (bicyclic) bond motifs is 1. The number of hydrogen-bond donors (Lipinski definition) is 2. The van der Waals surface area contributed by atoms with Crippen LogP contribution in [0.1, 0.15) is 11.5 Å². The summed E-state index contributed by atoms with van der Waals surface area (Å²) in [6.07, 6.45) is 0. The average molecular weight is 463 g/mol. The molecule has 0 radical (unpaired) electrons. The van der Waals surface area contributed by atoms with Crippen molar-refractivity contribution in [1.82, 2.24) is 9.80 Å². The highest BCUT2D eigenvalue weighted by Gasteiger charge is 2.54. The lowest BCUT2D eigenvalue weighted by Crippen LogP contribution is -2.73. The number of amides is 3. The molecule has 3 aromatic rings. The number of halogens is 2. The first-order valence-corrected chi connectivity index (χ1v) is 11.0. The van der Waals surface area contributed by atoms with Gasteiger partial charge in [-0.1, -0.05) is 48.5 Å². The Morgan fingerprint density at radius 3 is 2.50 bits per heavy atom. The molecule has 0 bridgehead atoms. The summed E-state index contributed by atoms with van der Waals surface area (Å²) in [6, 6.07) is 18.3. The number of benzene rings is 3. The molecular formula is C26H23F2N3O3. The van der Waals surface area contributed by atoms with E-state index in [1.54, 1.807) is 29.2 Å². The molecule has 2 heterocycles. The molecule has 34 heavy (non-hydrogen) atoms. The quantitative estimate of drug-likeness (QED) is 0.618. The van der Waals surface area contributed by atoms with Crippen molar-refractivity contribution in [2.24, 2.45) is 0 Å². The molecule has 2 aliphatic heterocycles. The smallest absolute Gasteiger partial charge is 0.322 e. The van der Waals surface area contributed by atoms with Gasteiger partial charge < -0.3 is 20.2 Å². The number of aliphatic hydroxyl groups excluding tert-OH is 1. The summed E-state index contributed by atoms with van der Waals surface area (Å²) in [7, 11) is 0. The van der Waals surface area contributed by atoms with Gasteiger partial charge in [0.25, 0.3) is 0 Å². The largest absolute Gasteiger partial charge is 0.394 e. The topological polar surface area (TPSA) is 72.9 Å². The van der Waals surface area contributed by atoms with Crippen molar-refractivity contribution < 1.29 is 23.5 Å². The van der Waals surface area contributed by atoms with Crippen molar-refractivity contribution in [2.75, 3.05) is 25.0 Å². The summed E-state index contributed by atoms with van der Waals surface area (Å²) in [6.45, 7) is -0.0341. The molecule has 2 fully saturated rings. The van der Waals surface area contributed by atoms with Crippen molar-refractivity contribution in [3.63, 3.8) is 0 Å². The number of nitrogens with zero attached hydrogens (tertiary/aromatic N) is 2. The van der Waals surface area contributed by atoms with Crippen LogP contribution in [0.3, 0.4) is 0 Å². The standard InChI is InChI=1S/C26H23F2N3O3/c27-18-4-3-5-19(12-18)29-26(34)30-13-22-25(23(15-32)31(22)24(33)14-30)17-10-8-16(9-11-17)20-6-1-2-7-21(20)28/h1-12,22-23,25,32H,13-15H2,(H,29,34)/t22-,23+,25-/m1/s1. The van der Waals surface area contributed by atoms with Crippen LogP contribution in [0, 0.1) is 11.6 Å². The summed E-state index contributed by atoms with van der Waals surface area (Å²) >= 11 is 0. The molecule has 0 unspecified atom stereocenters. The van der Waals surface area contributed by atoms with Gasteiger partial charge in [0, 0.05) is 23.7 Å². The van der Waals surface area contributed by atoms with E-state index in [1.807, 2.05) is 24.3 Å². The monoisotopic (exact) mass is 463 g/mol. The Kier molecular flexibility index (Phi) is 5.75. The Hall–Kier alpha value is -3.78. The number of anilines is 1. The van der Waals surface area contributed by atoms with Crippen LogP contribution in [-0.2, 0) is 4.79 Å². The Morgan fingerprint density at radius 1 is 1.03 bits per heavy atom. The molecule has 8 heteroatoms. The fourth-order valence-electron chi connectivity index (χ4n) is 5.00. The highest BCUT2D eigenvalue weighted by Crippen LogP contribution is 2.43. The first-order valence-electron chi connectivity index (χ1n) is 11.0. The second kappa shape index (κ2) is 8.87. The van der Waals surface area contributed by atoms with E-state index < -0.39 is 11.8 Å². The summed E-state index contributed by atoms with van der Waals surface area (Å²) in [5, 5.41) is 12.6. The molecule has 0 saturated carbocycles. The third kappa shape index (κ3) is 3.90. The van der Waals surface area contributed by atoms with Crippen LogP contribution in [0.5, 0.6) is 0 Å². The molecule has 3 amide bonds. The maximum atomic E-state index is 14.1. The van der Waals surface area contributed by atoms with Gasteiger partial charge in [0.15, 0.2) is 0 Å². The highest BCUT2D eigenvalue weighted by atomic mass is 19.1. The summed E-state index contributed by atoms with van der Waals surface area (Å²) in [5.41, 5.74) is 2.44. The van der Waals surface area contributed by atoms with E-state index in [1.165, 1.54) is 29.2 Å². The minimum absolute atomic E-state index is 0.118. The van der Waals surface area contributed by atoms with Crippen LogP contribution in [0.4, 0.5) is 19.3 Å². The van der Waals surface area contributed by atoms with E-state index in [0.29, 0.717) is 11.3 Å². The number of nitrogens with one attached hydrogen (secondary N) is 1. The van der Waals surface area contributed by atoms with Crippen LogP contribution in [-0.4, -0.2) is 58.6 Å². The van der Waals surface area contributed by atoms with E-state index in [2.05, 4.69) is 5.32 Å². The first-order chi connectivity index (χ1) is 16.5. The molecule has 3 aromatic carbocycles. The molecular weight excluding hydrogens is 440 g/mol. The van der Waals surface area contributed by atoms with Gasteiger partial charge in [-0.05, 0) is 35.4 Å². The van der Waals surface area contributed by atoms with Crippen LogP contribution >= 0.6 is 0 Å². The van der Waals surface area contributed by atoms with Gasteiger partial charge in [0.05, 0.1) is 18.7 Å². The fourth-order valence-corrected chi connectivity index (χ4v) is 5.00. The third-order valence-corrected chi connectivity index (χ3v) is 6.60. The molecule has 174 valence electrons. The van der Waals surface area contributed by atoms with Gasteiger partial charge >= 0.3 is 6.03 Å². The number of hydrogen-bond acceptors (Lipinski definition) is 3. The third-order valence-electron chi connectivity index (χ3n) is 6.60. The molecule has 0 spiro atoms. The zero-order valence-electron chi connectivity index (χ0n) is 18.2. The van der Waals surface area contributed by atoms with E-state index in [9.17, 15) is 23.5 Å².